The summed E-state index contributed by atoms with van der Waals surface area (Å²) in [6.07, 6.45) is 1.71. The van der Waals surface area contributed by atoms with E-state index in [4.69, 9.17) is 4.74 Å². The van der Waals surface area contributed by atoms with Crippen molar-refractivity contribution in [3.05, 3.63) is 52.0 Å². The minimum atomic E-state index is -0.363. The Bertz CT molecular complexity index is 919. The van der Waals surface area contributed by atoms with Crippen LogP contribution in [0.25, 0.3) is 0 Å². The molecule has 0 spiro atoms. The van der Waals surface area contributed by atoms with Crippen molar-refractivity contribution in [2.45, 2.75) is 39.7 Å². The molecule has 0 unspecified atom stereocenters. The Balaban J connectivity index is 1.76. The van der Waals surface area contributed by atoms with Crippen molar-refractivity contribution in [2.24, 2.45) is 5.92 Å². The molecular formula is C24H32FN3O3S. The molecule has 0 fully saturated rings. The van der Waals surface area contributed by atoms with E-state index in [1.54, 1.807) is 33.3 Å². The van der Waals surface area contributed by atoms with E-state index in [9.17, 15) is 14.0 Å². The number of hydrogen-bond acceptors (Lipinski definition) is 4. The number of amides is 3. The molecule has 1 N–H and O–H groups in total. The highest BCUT2D eigenvalue weighted by molar-refractivity contribution is 7.10. The van der Waals surface area contributed by atoms with Gasteiger partial charge in [-0.1, -0.05) is 26.3 Å². The largest absolute Gasteiger partial charge is 0.491 e. The van der Waals surface area contributed by atoms with Gasteiger partial charge in [0.1, 0.15) is 24.7 Å². The van der Waals surface area contributed by atoms with Crippen molar-refractivity contribution in [1.82, 2.24) is 15.1 Å². The average Bonchev–Trinajstić information content (AvgIpc) is 3.26. The van der Waals surface area contributed by atoms with Gasteiger partial charge in [0.2, 0.25) is 5.91 Å². The van der Waals surface area contributed by atoms with E-state index in [1.807, 2.05) is 18.4 Å². The average molecular weight is 462 g/mol. The van der Waals surface area contributed by atoms with Crippen LogP contribution in [0.3, 0.4) is 0 Å². The van der Waals surface area contributed by atoms with Crippen molar-refractivity contribution in [3.8, 4) is 5.75 Å². The Kier molecular flexibility index (Phi) is 8.50. The van der Waals surface area contributed by atoms with E-state index in [1.165, 1.54) is 17.0 Å². The summed E-state index contributed by atoms with van der Waals surface area (Å²) in [4.78, 5) is 30.6. The zero-order valence-corrected chi connectivity index (χ0v) is 19.8. The van der Waals surface area contributed by atoms with Crippen molar-refractivity contribution >= 4 is 23.3 Å². The van der Waals surface area contributed by atoms with E-state index < -0.39 is 0 Å². The van der Waals surface area contributed by atoms with Gasteiger partial charge in [0.15, 0.2) is 0 Å². The predicted octanol–water partition coefficient (Wildman–Crippen LogP) is 4.47. The second-order valence-electron chi connectivity index (χ2n) is 8.15. The van der Waals surface area contributed by atoms with Gasteiger partial charge in [-0.05, 0) is 48.4 Å². The molecular weight excluding hydrogens is 429 g/mol. The van der Waals surface area contributed by atoms with Gasteiger partial charge in [0, 0.05) is 30.6 Å². The monoisotopic (exact) mass is 461 g/mol. The number of halogens is 1. The number of rotatable bonds is 9. The second-order valence-corrected chi connectivity index (χ2v) is 9.15. The van der Waals surface area contributed by atoms with Crippen LogP contribution in [0, 0.1) is 11.7 Å². The van der Waals surface area contributed by atoms with Crippen LogP contribution in [0.4, 0.5) is 9.18 Å². The quantitative estimate of drug-likeness (QED) is 0.599. The molecule has 0 saturated heterocycles. The van der Waals surface area contributed by atoms with Crippen LogP contribution in [-0.4, -0.2) is 54.5 Å². The maximum absolute atomic E-state index is 13.6. The lowest BCUT2D eigenvalue weighted by molar-refractivity contribution is -0.135. The molecule has 174 valence electrons. The SMILES string of the molecule is CCNC(=O)N(CC(=O)N1CCc2sccc2[C@H]1COc1cccc(F)c1)C[C@@H](C)CC. The lowest BCUT2D eigenvalue weighted by Crippen LogP contribution is -2.50. The highest BCUT2D eigenvalue weighted by atomic mass is 32.1. The molecule has 2 aromatic rings. The molecule has 1 aromatic carbocycles. The first-order chi connectivity index (χ1) is 15.4. The molecule has 2 heterocycles. The third-order valence-corrected chi connectivity index (χ3v) is 6.79. The van der Waals surface area contributed by atoms with Crippen LogP contribution >= 0.6 is 11.3 Å². The lowest BCUT2D eigenvalue weighted by atomic mass is 10.00. The topological polar surface area (TPSA) is 61.9 Å². The Hall–Kier alpha value is -2.61. The lowest BCUT2D eigenvalue weighted by Gasteiger charge is -2.37. The number of nitrogens with zero attached hydrogens (tertiary/aromatic N) is 2. The molecule has 6 nitrogen and oxygen atoms in total. The molecule has 2 atom stereocenters. The summed E-state index contributed by atoms with van der Waals surface area (Å²) < 4.78 is 19.4. The van der Waals surface area contributed by atoms with Crippen LogP contribution in [0.1, 0.15) is 43.7 Å². The number of fused-ring (bicyclic) bond motifs is 1. The van der Waals surface area contributed by atoms with Gasteiger partial charge in [-0.25, -0.2) is 9.18 Å². The zero-order valence-electron chi connectivity index (χ0n) is 19.0. The second kappa shape index (κ2) is 11.3. The normalized spacial score (nSPS) is 16.2. The van der Waals surface area contributed by atoms with Crippen LogP contribution in [0.5, 0.6) is 5.75 Å². The Morgan fingerprint density at radius 1 is 1.34 bits per heavy atom. The molecule has 3 rings (SSSR count). The summed E-state index contributed by atoms with van der Waals surface area (Å²) in [5, 5.41) is 4.84. The van der Waals surface area contributed by atoms with E-state index in [0.717, 1.165) is 18.4 Å². The van der Waals surface area contributed by atoms with Gasteiger partial charge in [-0.15, -0.1) is 11.3 Å². The molecule has 32 heavy (non-hydrogen) atoms. The summed E-state index contributed by atoms with van der Waals surface area (Å²) >= 11 is 1.68. The van der Waals surface area contributed by atoms with Crippen LogP contribution in [0.15, 0.2) is 35.7 Å². The van der Waals surface area contributed by atoms with Gasteiger partial charge in [-0.2, -0.15) is 0 Å². The van der Waals surface area contributed by atoms with Crippen molar-refractivity contribution < 1.29 is 18.7 Å². The third kappa shape index (κ3) is 6.00. The standard InChI is InChI=1S/C24H32FN3O3S/c1-4-17(3)14-27(24(30)26-5-2)15-23(29)28-11-9-22-20(10-12-32-22)21(28)16-31-19-8-6-7-18(25)13-19/h6-8,10,12-13,17,21H,4-5,9,11,14-16H2,1-3H3,(H,26,30)/t17-,21+/m0/s1. The van der Waals surface area contributed by atoms with Crippen LogP contribution < -0.4 is 10.1 Å². The maximum Gasteiger partial charge on any atom is 0.317 e. The molecule has 0 saturated carbocycles. The van der Waals surface area contributed by atoms with Gasteiger partial charge in [0.05, 0.1) is 6.04 Å². The number of thiophene rings is 1. The molecule has 0 radical (unpaired) electrons. The fourth-order valence-electron chi connectivity index (χ4n) is 3.85. The van der Waals surface area contributed by atoms with E-state index in [2.05, 4.69) is 19.2 Å². The number of ether oxygens (including phenoxy) is 1. The van der Waals surface area contributed by atoms with Gasteiger partial charge >= 0.3 is 6.03 Å². The first kappa shape index (κ1) is 24.0. The molecule has 0 aliphatic carbocycles. The Morgan fingerprint density at radius 2 is 2.16 bits per heavy atom. The molecule has 1 aliphatic rings. The molecule has 1 aromatic heterocycles. The first-order valence-electron chi connectivity index (χ1n) is 11.2. The van der Waals surface area contributed by atoms with E-state index in [0.29, 0.717) is 31.3 Å². The van der Waals surface area contributed by atoms with E-state index in [-0.39, 0.29) is 36.9 Å². The van der Waals surface area contributed by atoms with Crippen LogP contribution in [0.2, 0.25) is 0 Å². The number of urea groups is 1. The summed E-state index contributed by atoms with van der Waals surface area (Å²) in [7, 11) is 0. The van der Waals surface area contributed by atoms with Crippen molar-refractivity contribution in [1.29, 1.82) is 0 Å². The summed E-state index contributed by atoms with van der Waals surface area (Å²) in [5.41, 5.74) is 1.07. The van der Waals surface area contributed by atoms with Crippen LogP contribution in [-0.2, 0) is 11.2 Å². The maximum atomic E-state index is 13.6. The smallest absolute Gasteiger partial charge is 0.317 e. The number of benzene rings is 1. The fourth-order valence-corrected chi connectivity index (χ4v) is 4.78. The minimum absolute atomic E-state index is 0.0199. The number of nitrogens with one attached hydrogen (secondary N) is 1. The minimum Gasteiger partial charge on any atom is -0.491 e. The van der Waals surface area contributed by atoms with Crippen molar-refractivity contribution in [2.75, 3.05) is 32.8 Å². The summed E-state index contributed by atoms with van der Waals surface area (Å²) in [6, 6.07) is 7.54. The molecule has 3 amide bonds. The third-order valence-electron chi connectivity index (χ3n) is 5.79. The molecule has 0 bridgehead atoms. The summed E-state index contributed by atoms with van der Waals surface area (Å²) in [6.45, 7) is 7.86. The zero-order chi connectivity index (χ0) is 23.1. The number of carbonyl (C=O) groups is 2. The number of carbonyl (C=O) groups excluding carboxylic acids is 2. The Morgan fingerprint density at radius 3 is 2.88 bits per heavy atom. The molecule has 1 aliphatic heterocycles. The fraction of sp³-hybridized carbons (Fsp3) is 0.500. The highest BCUT2D eigenvalue weighted by Crippen LogP contribution is 2.34. The van der Waals surface area contributed by atoms with Crippen molar-refractivity contribution in [3.63, 3.8) is 0 Å². The van der Waals surface area contributed by atoms with E-state index >= 15 is 0 Å². The predicted molar refractivity (Wildman–Crippen MR) is 124 cm³/mol. The first-order valence-corrected chi connectivity index (χ1v) is 12.1. The van der Waals surface area contributed by atoms with Gasteiger partial charge in [0.25, 0.3) is 0 Å². The van der Waals surface area contributed by atoms with Gasteiger partial charge < -0.3 is 19.9 Å². The Labute approximate surface area is 193 Å². The summed E-state index contributed by atoms with van der Waals surface area (Å²) in [5.74, 6) is 0.255. The number of hydrogen-bond donors (Lipinski definition) is 1. The highest BCUT2D eigenvalue weighted by Gasteiger charge is 2.33. The molecule has 8 heteroatoms. The van der Waals surface area contributed by atoms with Gasteiger partial charge in [-0.3, -0.25) is 4.79 Å².